The van der Waals surface area contributed by atoms with E-state index in [9.17, 15) is 9.90 Å². The Balaban J connectivity index is 2.90. The van der Waals surface area contributed by atoms with Gasteiger partial charge >= 0.3 is 5.97 Å². The van der Waals surface area contributed by atoms with Crippen LogP contribution in [0.5, 0.6) is 0 Å². The number of carboxylic acids is 1. The first-order valence-electron chi connectivity index (χ1n) is 5.33. The third-order valence-corrected chi connectivity index (χ3v) is 3.09. The fourth-order valence-corrected chi connectivity index (χ4v) is 2.54. The van der Waals surface area contributed by atoms with E-state index in [1.54, 1.807) is 0 Å². The first-order valence-corrected chi connectivity index (χ1v) is 6.12. The topological polar surface area (TPSA) is 54.6 Å². The molecule has 0 aliphatic heterocycles. The Hall–Kier alpha value is -1.36. The highest BCUT2D eigenvalue weighted by Crippen LogP contribution is 2.25. The number of nitrogens with zero attached hydrogens (tertiary/aromatic N) is 2. The van der Waals surface area contributed by atoms with Crippen LogP contribution in [0.4, 0.5) is 0 Å². The predicted octanol–water partition coefficient (Wildman–Crippen LogP) is 3.23. The van der Waals surface area contributed by atoms with Crippen molar-refractivity contribution in [2.24, 2.45) is 0 Å². The molecule has 0 saturated heterocycles. The van der Waals surface area contributed by atoms with Crippen molar-refractivity contribution in [2.75, 3.05) is 0 Å². The number of halogens is 1. The Morgan fingerprint density at radius 3 is 2.71 bits per heavy atom. The van der Waals surface area contributed by atoms with E-state index in [2.05, 4.69) is 20.9 Å². The lowest BCUT2D eigenvalue weighted by atomic mass is 10.1. The maximum absolute atomic E-state index is 11.2. The summed E-state index contributed by atoms with van der Waals surface area (Å²) in [4.78, 5) is 15.4. The average Bonchev–Trinajstić information content (AvgIpc) is 2.56. The molecule has 0 bridgehead atoms. The van der Waals surface area contributed by atoms with Crippen molar-refractivity contribution in [1.29, 1.82) is 0 Å². The molecule has 0 unspecified atom stereocenters. The maximum Gasteiger partial charge on any atom is 0.356 e. The summed E-state index contributed by atoms with van der Waals surface area (Å²) in [5.74, 6) is -0.877. The zero-order valence-electron chi connectivity index (χ0n) is 9.86. The van der Waals surface area contributed by atoms with E-state index in [-0.39, 0.29) is 11.6 Å². The maximum atomic E-state index is 11.2. The smallest absolute Gasteiger partial charge is 0.356 e. The zero-order valence-corrected chi connectivity index (χ0v) is 11.4. The highest BCUT2D eigenvalue weighted by atomic mass is 79.9. The molecule has 0 atom stereocenters. The van der Waals surface area contributed by atoms with Gasteiger partial charge in [0.15, 0.2) is 5.69 Å². The molecule has 0 saturated carbocycles. The Morgan fingerprint density at radius 2 is 2.18 bits per heavy atom. The van der Waals surface area contributed by atoms with Gasteiger partial charge in [-0.2, -0.15) is 0 Å². The van der Waals surface area contributed by atoms with Gasteiger partial charge in [-0.3, -0.25) is 0 Å². The van der Waals surface area contributed by atoms with Crippen LogP contribution in [0.3, 0.4) is 0 Å². The van der Waals surface area contributed by atoms with Crippen LogP contribution in [0.2, 0.25) is 0 Å². The lowest BCUT2D eigenvalue weighted by Crippen LogP contribution is -2.05. The van der Waals surface area contributed by atoms with E-state index in [0.717, 1.165) is 15.7 Å². The van der Waals surface area contributed by atoms with Gasteiger partial charge in [0.05, 0.1) is 5.69 Å². The molecule has 90 valence electrons. The van der Waals surface area contributed by atoms with E-state index < -0.39 is 5.97 Å². The molecule has 0 aromatic carbocycles. The van der Waals surface area contributed by atoms with Crippen LogP contribution < -0.4 is 0 Å². The van der Waals surface area contributed by atoms with Crippen molar-refractivity contribution < 1.29 is 9.90 Å². The molecule has 1 N–H and O–H groups in total. The molecule has 2 aromatic rings. The third kappa shape index (κ3) is 1.95. The number of rotatable bonds is 2. The SMILES string of the molecule is Cc1cc(Br)cn2c(C(C)C)c(C(=O)O)nc12. The molecule has 5 heteroatoms. The molecule has 0 aliphatic carbocycles. The van der Waals surface area contributed by atoms with E-state index in [0.29, 0.717) is 5.65 Å². The first-order chi connectivity index (χ1) is 7.91. The standard InChI is InChI=1S/C12H13BrN2O2/c1-6(2)10-9(12(16)17)14-11-7(3)4-8(13)5-15(10)11/h4-6H,1-3H3,(H,16,17). The van der Waals surface area contributed by atoms with Crippen LogP contribution in [-0.2, 0) is 0 Å². The van der Waals surface area contributed by atoms with Crippen LogP contribution in [-0.4, -0.2) is 20.5 Å². The quantitative estimate of drug-likeness (QED) is 0.926. The molecule has 0 radical (unpaired) electrons. The second-order valence-corrected chi connectivity index (χ2v) is 5.26. The summed E-state index contributed by atoms with van der Waals surface area (Å²) < 4.78 is 2.77. The van der Waals surface area contributed by atoms with Crippen LogP contribution in [0, 0.1) is 6.92 Å². The van der Waals surface area contributed by atoms with E-state index in [1.165, 1.54) is 0 Å². The van der Waals surface area contributed by atoms with Crippen LogP contribution in [0.15, 0.2) is 16.7 Å². The molecule has 4 nitrogen and oxygen atoms in total. The molecule has 0 spiro atoms. The van der Waals surface area contributed by atoms with Crippen LogP contribution >= 0.6 is 15.9 Å². The third-order valence-electron chi connectivity index (χ3n) is 2.66. The Kier molecular flexibility index (Phi) is 2.95. The van der Waals surface area contributed by atoms with Gasteiger partial charge < -0.3 is 9.51 Å². The molecule has 0 aliphatic rings. The number of fused-ring (bicyclic) bond motifs is 1. The van der Waals surface area contributed by atoms with Gasteiger partial charge in [0, 0.05) is 10.7 Å². The second kappa shape index (κ2) is 4.14. The van der Waals surface area contributed by atoms with Gasteiger partial charge in [-0.15, -0.1) is 0 Å². The van der Waals surface area contributed by atoms with Crippen molar-refractivity contribution in [3.63, 3.8) is 0 Å². The molecular weight excluding hydrogens is 284 g/mol. The number of carboxylic acid groups (broad SMARTS) is 1. The summed E-state index contributed by atoms with van der Waals surface area (Å²) in [7, 11) is 0. The van der Waals surface area contributed by atoms with Crippen molar-refractivity contribution >= 4 is 27.5 Å². The van der Waals surface area contributed by atoms with Crippen LogP contribution in [0.1, 0.15) is 41.5 Å². The minimum Gasteiger partial charge on any atom is -0.476 e. The molecule has 0 amide bonds. The number of hydrogen-bond acceptors (Lipinski definition) is 2. The fraction of sp³-hybridized carbons (Fsp3) is 0.333. The Bertz CT molecular complexity index is 602. The van der Waals surface area contributed by atoms with Gasteiger partial charge in [0.25, 0.3) is 0 Å². The number of aromatic carboxylic acids is 1. The minimum atomic E-state index is -0.979. The van der Waals surface area contributed by atoms with Gasteiger partial charge in [0.2, 0.25) is 0 Å². The molecule has 2 heterocycles. The highest BCUT2D eigenvalue weighted by molar-refractivity contribution is 9.10. The zero-order chi connectivity index (χ0) is 12.7. The number of aryl methyl sites for hydroxylation is 1. The number of pyridine rings is 1. The Labute approximate surface area is 107 Å². The molecule has 2 rings (SSSR count). The summed E-state index contributed by atoms with van der Waals surface area (Å²) in [6.45, 7) is 5.85. The number of aromatic nitrogens is 2. The van der Waals surface area contributed by atoms with Gasteiger partial charge in [-0.25, -0.2) is 9.78 Å². The molecule has 0 fully saturated rings. The number of imidazole rings is 1. The van der Waals surface area contributed by atoms with Gasteiger partial charge in [-0.05, 0) is 40.4 Å². The fourth-order valence-electron chi connectivity index (χ4n) is 2.00. The summed E-state index contributed by atoms with van der Waals surface area (Å²) in [6, 6.07) is 1.93. The lowest BCUT2D eigenvalue weighted by Gasteiger charge is -2.07. The second-order valence-electron chi connectivity index (χ2n) is 4.34. The number of carbonyl (C=O) groups is 1. The average molecular weight is 297 g/mol. The Morgan fingerprint density at radius 1 is 1.53 bits per heavy atom. The first kappa shape index (κ1) is 12.1. The van der Waals surface area contributed by atoms with Crippen molar-refractivity contribution in [2.45, 2.75) is 26.7 Å². The highest BCUT2D eigenvalue weighted by Gasteiger charge is 2.21. The summed E-state index contributed by atoms with van der Waals surface area (Å²) in [5, 5.41) is 9.19. The normalized spacial score (nSPS) is 11.4. The van der Waals surface area contributed by atoms with Gasteiger partial charge in [-0.1, -0.05) is 13.8 Å². The summed E-state index contributed by atoms with van der Waals surface area (Å²) >= 11 is 3.42. The van der Waals surface area contributed by atoms with Crippen molar-refractivity contribution in [3.05, 3.63) is 33.7 Å². The monoisotopic (exact) mass is 296 g/mol. The van der Waals surface area contributed by atoms with Crippen molar-refractivity contribution in [1.82, 2.24) is 9.38 Å². The summed E-state index contributed by atoms with van der Waals surface area (Å²) in [6.07, 6.45) is 1.86. The summed E-state index contributed by atoms with van der Waals surface area (Å²) in [5.41, 5.74) is 2.53. The lowest BCUT2D eigenvalue weighted by molar-refractivity contribution is 0.0689. The van der Waals surface area contributed by atoms with E-state index >= 15 is 0 Å². The predicted molar refractivity (Wildman–Crippen MR) is 68.7 cm³/mol. The van der Waals surface area contributed by atoms with Crippen LogP contribution in [0.25, 0.3) is 5.65 Å². The largest absolute Gasteiger partial charge is 0.476 e. The van der Waals surface area contributed by atoms with E-state index in [4.69, 9.17) is 0 Å². The van der Waals surface area contributed by atoms with E-state index in [1.807, 2.05) is 37.4 Å². The molecule has 2 aromatic heterocycles. The molecular formula is C12H13BrN2O2. The van der Waals surface area contributed by atoms with Gasteiger partial charge in [0.1, 0.15) is 5.65 Å². The van der Waals surface area contributed by atoms with Crippen molar-refractivity contribution in [3.8, 4) is 0 Å². The minimum absolute atomic E-state index is 0.102. The number of hydrogen-bond donors (Lipinski definition) is 1. The molecule has 17 heavy (non-hydrogen) atoms.